The fourth-order valence-corrected chi connectivity index (χ4v) is 4.89. The van der Waals surface area contributed by atoms with Crippen LogP contribution in [-0.2, 0) is 9.53 Å². The van der Waals surface area contributed by atoms with Gasteiger partial charge in [-0.2, -0.15) is 10.5 Å². The molecule has 0 aliphatic heterocycles. The van der Waals surface area contributed by atoms with E-state index in [2.05, 4.69) is 26.0 Å². The van der Waals surface area contributed by atoms with Crippen molar-refractivity contribution < 1.29 is 19.0 Å². The molecule has 6 nitrogen and oxygen atoms in total. The first-order valence-electron chi connectivity index (χ1n) is 14.3. The molecule has 0 aromatic heterocycles. The van der Waals surface area contributed by atoms with Crippen molar-refractivity contribution in [2.45, 2.75) is 33.8 Å². The second-order valence-corrected chi connectivity index (χ2v) is 11.3. The van der Waals surface area contributed by atoms with E-state index < -0.39 is 6.10 Å². The van der Waals surface area contributed by atoms with Crippen molar-refractivity contribution in [1.82, 2.24) is 0 Å². The van der Waals surface area contributed by atoms with Gasteiger partial charge in [-0.3, -0.25) is 4.79 Å². The van der Waals surface area contributed by atoms with Crippen LogP contribution < -0.4 is 9.47 Å². The molecule has 4 aromatic rings. The highest BCUT2D eigenvalue weighted by Gasteiger charge is 2.61. The second-order valence-electron chi connectivity index (χ2n) is 11.3. The van der Waals surface area contributed by atoms with Crippen LogP contribution in [0.3, 0.4) is 0 Å². The highest BCUT2D eigenvalue weighted by molar-refractivity contribution is 5.78. The molecule has 5 rings (SSSR count). The molecule has 3 atom stereocenters. The molecular formula is C38H35N2O4. The summed E-state index contributed by atoms with van der Waals surface area (Å²) < 4.78 is 17.0. The van der Waals surface area contributed by atoms with E-state index in [1.54, 1.807) is 18.2 Å². The SMILES string of the molecule is CC(C)=CC1C(C(=O)OC(C#N)c2cccc(Oc3ccccc3)c2)C1(C)C.N#C[CH]c1cccc(Oc2ccccc2)c1. The number of carbonyl (C=O) groups excluding carboxylic acids is 1. The van der Waals surface area contributed by atoms with Gasteiger partial charge in [0.25, 0.3) is 0 Å². The van der Waals surface area contributed by atoms with E-state index in [1.807, 2.05) is 111 Å². The quantitative estimate of drug-likeness (QED) is 0.144. The zero-order valence-corrected chi connectivity index (χ0v) is 25.3. The fourth-order valence-electron chi connectivity index (χ4n) is 4.89. The Morgan fingerprint density at radius 1 is 0.773 bits per heavy atom. The maximum atomic E-state index is 12.7. The van der Waals surface area contributed by atoms with Crippen LogP contribution in [0.5, 0.6) is 23.0 Å². The average Bonchev–Trinajstić information content (AvgIpc) is 3.56. The van der Waals surface area contributed by atoms with Gasteiger partial charge in [0.1, 0.15) is 29.1 Å². The van der Waals surface area contributed by atoms with Crippen molar-refractivity contribution >= 4 is 5.97 Å². The molecular weight excluding hydrogens is 548 g/mol. The molecule has 44 heavy (non-hydrogen) atoms. The standard InChI is InChI=1S/C24H25NO3.C14H10NO/c1-16(2)13-20-22(24(20,3)4)23(26)28-21(15-25)17-9-8-12-19(14-17)27-18-10-6-5-7-11-18;15-10-9-12-5-4-8-14(11-12)16-13-6-2-1-3-7-13/h5-14,20-22H,1-4H3;1-9,11H. The Balaban J connectivity index is 0.000000233. The molecule has 0 spiro atoms. The van der Waals surface area contributed by atoms with E-state index in [1.165, 1.54) is 12.0 Å². The minimum absolute atomic E-state index is 0.146. The Bertz CT molecular complexity index is 1660. The molecule has 221 valence electrons. The number of hydrogen-bond donors (Lipinski definition) is 0. The van der Waals surface area contributed by atoms with Crippen LogP contribution in [0.15, 0.2) is 121 Å². The first kappa shape index (κ1) is 31.6. The van der Waals surface area contributed by atoms with Gasteiger partial charge in [-0.1, -0.05) is 86.2 Å². The maximum absolute atomic E-state index is 12.7. The summed E-state index contributed by atoms with van der Waals surface area (Å²) in [5, 5.41) is 18.1. The van der Waals surface area contributed by atoms with Gasteiger partial charge >= 0.3 is 5.97 Å². The molecule has 1 aliphatic carbocycles. The smallest absolute Gasteiger partial charge is 0.311 e. The molecule has 4 aromatic carbocycles. The molecule has 1 aliphatic rings. The number of ether oxygens (including phenoxy) is 3. The highest BCUT2D eigenvalue weighted by atomic mass is 16.5. The summed E-state index contributed by atoms with van der Waals surface area (Å²) in [6.07, 6.45) is 2.63. The van der Waals surface area contributed by atoms with E-state index in [9.17, 15) is 10.1 Å². The van der Waals surface area contributed by atoms with Crippen LogP contribution in [0.2, 0.25) is 0 Å². The lowest BCUT2D eigenvalue weighted by molar-refractivity contribution is -0.149. The van der Waals surface area contributed by atoms with Crippen LogP contribution >= 0.6 is 0 Å². The number of allylic oxidation sites excluding steroid dienone is 2. The van der Waals surface area contributed by atoms with E-state index in [0.29, 0.717) is 17.1 Å². The number of para-hydroxylation sites is 2. The minimum Gasteiger partial charge on any atom is -0.457 e. The summed E-state index contributed by atoms with van der Waals surface area (Å²) in [5.74, 6) is 2.42. The van der Waals surface area contributed by atoms with Crippen molar-refractivity contribution in [3.63, 3.8) is 0 Å². The van der Waals surface area contributed by atoms with Gasteiger partial charge in [0.05, 0.1) is 18.4 Å². The number of rotatable bonds is 9. The topological polar surface area (TPSA) is 92.3 Å². The number of esters is 1. The lowest BCUT2D eigenvalue weighted by Crippen LogP contribution is -2.14. The van der Waals surface area contributed by atoms with Gasteiger partial charge in [-0.15, -0.1) is 0 Å². The van der Waals surface area contributed by atoms with Crippen LogP contribution in [-0.4, -0.2) is 5.97 Å². The van der Waals surface area contributed by atoms with Gasteiger partial charge in [0.15, 0.2) is 0 Å². The second kappa shape index (κ2) is 14.7. The van der Waals surface area contributed by atoms with Gasteiger partial charge in [0.2, 0.25) is 6.10 Å². The van der Waals surface area contributed by atoms with Crippen LogP contribution in [0.4, 0.5) is 0 Å². The third-order valence-corrected chi connectivity index (χ3v) is 7.24. The number of benzene rings is 4. The summed E-state index contributed by atoms with van der Waals surface area (Å²) in [7, 11) is 0. The highest BCUT2D eigenvalue weighted by Crippen LogP contribution is 2.60. The summed E-state index contributed by atoms with van der Waals surface area (Å²) in [6, 6.07) is 37.6. The molecule has 1 fully saturated rings. The Labute approximate surface area is 259 Å². The third kappa shape index (κ3) is 8.60. The monoisotopic (exact) mass is 583 g/mol. The molecule has 1 saturated carbocycles. The largest absolute Gasteiger partial charge is 0.457 e. The number of nitrogens with zero attached hydrogens (tertiary/aromatic N) is 2. The predicted molar refractivity (Wildman–Crippen MR) is 170 cm³/mol. The minimum atomic E-state index is -0.962. The van der Waals surface area contributed by atoms with Crippen molar-refractivity contribution in [2.24, 2.45) is 17.3 Å². The maximum Gasteiger partial charge on any atom is 0.311 e. The predicted octanol–water partition coefficient (Wildman–Crippen LogP) is 9.38. The van der Waals surface area contributed by atoms with Gasteiger partial charge < -0.3 is 14.2 Å². The summed E-state index contributed by atoms with van der Waals surface area (Å²) in [5.41, 5.74) is 2.47. The van der Waals surface area contributed by atoms with Gasteiger partial charge in [-0.25, -0.2) is 0 Å². The van der Waals surface area contributed by atoms with Gasteiger partial charge in [-0.05, 0) is 79.3 Å². The zero-order chi connectivity index (χ0) is 31.5. The first-order valence-corrected chi connectivity index (χ1v) is 14.3. The van der Waals surface area contributed by atoms with Crippen LogP contribution in [0.1, 0.15) is 44.9 Å². The third-order valence-electron chi connectivity index (χ3n) is 7.24. The molecule has 0 bridgehead atoms. The first-order chi connectivity index (χ1) is 21.2. The van der Waals surface area contributed by atoms with E-state index >= 15 is 0 Å². The molecule has 0 N–H and O–H groups in total. The number of carbonyl (C=O) groups is 1. The summed E-state index contributed by atoms with van der Waals surface area (Å²) >= 11 is 0. The Morgan fingerprint density at radius 2 is 1.32 bits per heavy atom. The lowest BCUT2D eigenvalue weighted by atomic mass is 10.1. The number of hydrogen-bond acceptors (Lipinski definition) is 6. The van der Waals surface area contributed by atoms with E-state index in [4.69, 9.17) is 19.5 Å². The Morgan fingerprint density at radius 3 is 1.86 bits per heavy atom. The Hall–Kier alpha value is -5.33. The van der Waals surface area contributed by atoms with Crippen LogP contribution in [0, 0.1) is 46.3 Å². The number of nitriles is 2. The normalized spacial score (nSPS) is 16.4. The summed E-state index contributed by atoms with van der Waals surface area (Å²) in [6.45, 7) is 8.15. The molecule has 3 unspecified atom stereocenters. The van der Waals surface area contributed by atoms with E-state index in [-0.39, 0.29) is 23.2 Å². The lowest BCUT2D eigenvalue weighted by Gasteiger charge is -2.13. The fraction of sp³-hybridized carbons (Fsp3) is 0.211. The molecule has 0 heterocycles. The molecule has 0 amide bonds. The molecule has 1 radical (unpaired) electrons. The molecule has 0 saturated heterocycles. The Kier molecular flexibility index (Phi) is 10.6. The molecule has 6 heteroatoms. The summed E-state index contributed by atoms with van der Waals surface area (Å²) in [4.78, 5) is 12.7. The van der Waals surface area contributed by atoms with Crippen LogP contribution in [0.25, 0.3) is 0 Å². The van der Waals surface area contributed by atoms with Crippen molar-refractivity contribution in [3.05, 3.63) is 138 Å². The van der Waals surface area contributed by atoms with Crippen molar-refractivity contribution in [1.29, 1.82) is 10.5 Å². The van der Waals surface area contributed by atoms with Gasteiger partial charge in [0, 0.05) is 5.56 Å². The van der Waals surface area contributed by atoms with E-state index in [0.717, 1.165) is 17.1 Å². The average molecular weight is 584 g/mol. The van der Waals surface area contributed by atoms with Crippen molar-refractivity contribution in [2.75, 3.05) is 0 Å². The zero-order valence-electron chi connectivity index (χ0n) is 25.3. The van der Waals surface area contributed by atoms with Crippen molar-refractivity contribution in [3.8, 4) is 35.1 Å².